The van der Waals surface area contributed by atoms with Crippen LogP contribution in [-0.2, 0) is 12.6 Å². The van der Waals surface area contributed by atoms with Crippen LogP contribution in [0.4, 0.5) is 23.4 Å². The molecule has 0 bridgehead atoms. The van der Waals surface area contributed by atoms with Crippen molar-refractivity contribution in [1.82, 2.24) is 4.98 Å². The largest absolute Gasteiger partial charge is 0.417 e. The third-order valence-electron chi connectivity index (χ3n) is 2.80. The topological polar surface area (TPSA) is 56.0 Å². The number of halogens is 4. The van der Waals surface area contributed by atoms with Crippen molar-refractivity contribution in [3.8, 4) is 0 Å². The van der Waals surface area contributed by atoms with Gasteiger partial charge in [0.1, 0.15) is 11.6 Å². The molecule has 0 fully saturated rings. The summed E-state index contributed by atoms with van der Waals surface area (Å²) in [5.74, 6) is -1.59. The van der Waals surface area contributed by atoms with Gasteiger partial charge in [-0.3, -0.25) is 4.79 Å². The minimum Gasteiger partial charge on any atom is -0.384 e. The molecule has 0 radical (unpaired) electrons. The van der Waals surface area contributed by atoms with E-state index in [2.05, 4.69) is 4.98 Å². The van der Waals surface area contributed by atoms with E-state index in [1.165, 1.54) is 18.3 Å². The first kappa shape index (κ1) is 15.0. The number of Topliss-reactive ketones (excluding diaryl/α,β-unsaturated/α-hetero) is 1. The number of carbonyl (C=O) groups is 1. The van der Waals surface area contributed by atoms with Crippen LogP contribution >= 0.6 is 0 Å². The number of nitrogens with two attached hydrogens (primary N) is 1. The van der Waals surface area contributed by atoms with E-state index in [4.69, 9.17) is 5.73 Å². The zero-order chi connectivity index (χ0) is 15.6. The number of carbonyl (C=O) groups excluding carboxylic acids is 1. The smallest absolute Gasteiger partial charge is 0.384 e. The fourth-order valence-electron chi connectivity index (χ4n) is 1.88. The number of ketones is 1. The number of hydrogen-bond donors (Lipinski definition) is 1. The maximum atomic E-state index is 13.1. The highest BCUT2D eigenvalue weighted by atomic mass is 19.4. The molecule has 1 aromatic heterocycles. The van der Waals surface area contributed by atoms with Crippen LogP contribution in [0.25, 0.3) is 0 Å². The molecule has 0 amide bonds. The van der Waals surface area contributed by atoms with Gasteiger partial charge in [-0.1, -0.05) is 0 Å². The van der Waals surface area contributed by atoms with Crippen LogP contribution in [0.3, 0.4) is 0 Å². The highest BCUT2D eigenvalue weighted by molar-refractivity contribution is 5.99. The van der Waals surface area contributed by atoms with Crippen LogP contribution in [0.1, 0.15) is 21.5 Å². The number of benzene rings is 1. The second-order valence-corrected chi connectivity index (χ2v) is 4.38. The molecular weight excluding hydrogens is 288 g/mol. The average molecular weight is 298 g/mol. The van der Waals surface area contributed by atoms with Crippen molar-refractivity contribution >= 4 is 11.6 Å². The van der Waals surface area contributed by atoms with Crippen LogP contribution < -0.4 is 5.73 Å². The average Bonchev–Trinajstić information content (AvgIpc) is 2.37. The quantitative estimate of drug-likeness (QED) is 0.699. The summed E-state index contributed by atoms with van der Waals surface area (Å²) in [7, 11) is 0. The lowest BCUT2D eigenvalue weighted by atomic mass is 9.98. The van der Waals surface area contributed by atoms with Crippen LogP contribution in [0, 0.1) is 5.82 Å². The Labute approximate surface area is 117 Å². The van der Waals surface area contributed by atoms with Crippen molar-refractivity contribution in [2.24, 2.45) is 0 Å². The number of alkyl halides is 3. The summed E-state index contributed by atoms with van der Waals surface area (Å²) in [6.45, 7) is 0. The van der Waals surface area contributed by atoms with Gasteiger partial charge < -0.3 is 5.73 Å². The Bertz CT molecular complexity index is 683. The standard InChI is InChI=1S/C14H10F4N2O/c15-9-1-2-11(14(16,17)18)10(7-9)12(21)5-8-3-4-20-13(19)6-8/h1-4,6-7H,5H2,(H2,19,20). The molecule has 0 aliphatic heterocycles. The third kappa shape index (κ3) is 3.56. The van der Waals surface area contributed by atoms with Crippen LogP contribution in [-0.4, -0.2) is 10.8 Å². The van der Waals surface area contributed by atoms with E-state index in [9.17, 15) is 22.4 Å². The Morgan fingerprint density at radius 3 is 2.52 bits per heavy atom. The summed E-state index contributed by atoms with van der Waals surface area (Å²) in [5.41, 5.74) is 3.99. The molecule has 2 aromatic rings. The van der Waals surface area contributed by atoms with Crippen molar-refractivity contribution in [3.63, 3.8) is 0 Å². The predicted molar refractivity (Wildman–Crippen MR) is 68.1 cm³/mol. The van der Waals surface area contributed by atoms with E-state index in [0.29, 0.717) is 23.8 Å². The summed E-state index contributed by atoms with van der Waals surface area (Å²) < 4.78 is 51.7. The van der Waals surface area contributed by atoms with E-state index < -0.39 is 28.9 Å². The molecule has 0 spiro atoms. The van der Waals surface area contributed by atoms with Crippen LogP contribution in [0.5, 0.6) is 0 Å². The van der Waals surface area contributed by atoms with E-state index in [0.717, 1.165) is 0 Å². The molecule has 0 aliphatic carbocycles. The van der Waals surface area contributed by atoms with E-state index in [1.807, 2.05) is 0 Å². The van der Waals surface area contributed by atoms with E-state index >= 15 is 0 Å². The number of hydrogen-bond acceptors (Lipinski definition) is 3. The summed E-state index contributed by atoms with van der Waals surface area (Å²) in [4.78, 5) is 15.7. The van der Waals surface area contributed by atoms with Gasteiger partial charge in [-0.25, -0.2) is 9.37 Å². The first-order valence-corrected chi connectivity index (χ1v) is 5.88. The summed E-state index contributed by atoms with van der Waals surface area (Å²) >= 11 is 0. The molecule has 0 saturated heterocycles. The number of nitrogens with zero attached hydrogens (tertiary/aromatic N) is 1. The Kier molecular flexibility index (Phi) is 3.93. The lowest BCUT2D eigenvalue weighted by Gasteiger charge is -2.12. The fraction of sp³-hybridized carbons (Fsp3) is 0.143. The van der Waals surface area contributed by atoms with Gasteiger partial charge in [-0.05, 0) is 35.9 Å². The highest BCUT2D eigenvalue weighted by Gasteiger charge is 2.35. The Morgan fingerprint density at radius 1 is 1.19 bits per heavy atom. The first-order chi connectivity index (χ1) is 9.77. The Balaban J connectivity index is 2.37. The normalized spacial score (nSPS) is 11.4. The molecular formula is C14H10F4N2O. The molecule has 21 heavy (non-hydrogen) atoms. The summed E-state index contributed by atoms with van der Waals surface area (Å²) in [6.07, 6.45) is -3.70. The Hall–Kier alpha value is -2.44. The zero-order valence-corrected chi connectivity index (χ0v) is 10.6. The fourth-order valence-corrected chi connectivity index (χ4v) is 1.88. The van der Waals surface area contributed by atoms with Gasteiger partial charge in [-0.2, -0.15) is 13.2 Å². The molecule has 2 rings (SSSR count). The van der Waals surface area contributed by atoms with Gasteiger partial charge >= 0.3 is 6.18 Å². The van der Waals surface area contributed by atoms with Crippen molar-refractivity contribution in [3.05, 3.63) is 59.0 Å². The van der Waals surface area contributed by atoms with Crippen molar-refractivity contribution in [2.75, 3.05) is 5.73 Å². The second kappa shape index (κ2) is 5.51. The van der Waals surface area contributed by atoms with Crippen LogP contribution in [0.15, 0.2) is 36.5 Å². The lowest BCUT2D eigenvalue weighted by molar-refractivity contribution is -0.137. The van der Waals surface area contributed by atoms with Gasteiger partial charge in [0.15, 0.2) is 5.78 Å². The molecule has 0 unspecified atom stereocenters. The van der Waals surface area contributed by atoms with Crippen molar-refractivity contribution < 1.29 is 22.4 Å². The number of aromatic nitrogens is 1. The maximum absolute atomic E-state index is 13.1. The van der Waals surface area contributed by atoms with Gasteiger partial charge in [0, 0.05) is 18.2 Å². The van der Waals surface area contributed by atoms with Crippen molar-refractivity contribution in [1.29, 1.82) is 0 Å². The van der Waals surface area contributed by atoms with Gasteiger partial charge in [0.25, 0.3) is 0 Å². The minimum absolute atomic E-state index is 0.149. The Morgan fingerprint density at radius 2 is 1.90 bits per heavy atom. The summed E-state index contributed by atoms with van der Waals surface area (Å²) in [5, 5.41) is 0. The lowest BCUT2D eigenvalue weighted by Crippen LogP contribution is -2.15. The monoisotopic (exact) mass is 298 g/mol. The predicted octanol–water partition coefficient (Wildman–Crippen LogP) is 3.25. The maximum Gasteiger partial charge on any atom is 0.417 e. The van der Waals surface area contributed by atoms with Gasteiger partial charge in [0.2, 0.25) is 0 Å². The molecule has 1 heterocycles. The molecule has 110 valence electrons. The second-order valence-electron chi connectivity index (χ2n) is 4.38. The SMILES string of the molecule is Nc1cc(CC(=O)c2cc(F)ccc2C(F)(F)F)ccn1. The molecule has 0 aliphatic rings. The minimum atomic E-state index is -4.73. The number of anilines is 1. The zero-order valence-electron chi connectivity index (χ0n) is 10.6. The molecule has 0 atom stereocenters. The molecule has 1 aromatic carbocycles. The van der Waals surface area contributed by atoms with E-state index in [1.54, 1.807) is 0 Å². The van der Waals surface area contributed by atoms with Crippen molar-refractivity contribution in [2.45, 2.75) is 12.6 Å². The number of rotatable bonds is 3. The number of nitrogen functional groups attached to an aromatic ring is 1. The third-order valence-corrected chi connectivity index (χ3v) is 2.80. The van der Waals surface area contributed by atoms with Gasteiger partial charge in [0.05, 0.1) is 5.56 Å². The summed E-state index contributed by atoms with van der Waals surface area (Å²) in [6, 6.07) is 4.66. The van der Waals surface area contributed by atoms with Gasteiger partial charge in [-0.15, -0.1) is 0 Å². The molecule has 2 N–H and O–H groups in total. The molecule has 3 nitrogen and oxygen atoms in total. The highest BCUT2D eigenvalue weighted by Crippen LogP contribution is 2.33. The van der Waals surface area contributed by atoms with E-state index in [-0.39, 0.29) is 12.2 Å². The molecule has 7 heteroatoms. The number of pyridine rings is 1. The van der Waals surface area contributed by atoms with Crippen LogP contribution in [0.2, 0.25) is 0 Å². The first-order valence-electron chi connectivity index (χ1n) is 5.88. The molecule has 0 saturated carbocycles.